The molecule has 1 amide bonds. The number of carbonyl (C=O) groups excluding carboxylic acids is 1. The molecule has 3 aromatic rings. The summed E-state index contributed by atoms with van der Waals surface area (Å²) in [6.45, 7) is 1.91. The molecule has 0 radical (unpaired) electrons. The minimum atomic E-state index is -0.334. The van der Waals surface area contributed by atoms with Crippen LogP contribution in [0.1, 0.15) is 28.8 Å². The van der Waals surface area contributed by atoms with Gasteiger partial charge in [-0.2, -0.15) is 5.10 Å². The molecule has 2 aliphatic rings. The number of nitrogens with one attached hydrogen (secondary N) is 2. The van der Waals surface area contributed by atoms with Crippen molar-refractivity contribution in [2.75, 3.05) is 26.6 Å². The summed E-state index contributed by atoms with van der Waals surface area (Å²) in [5.41, 5.74) is 2.49. The fourth-order valence-corrected chi connectivity index (χ4v) is 4.20. The van der Waals surface area contributed by atoms with Crippen molar-refractivity contribution in [3.63, 3.8) is 0 Å². The standard InChI is InChI=1S/C23H22FN3O4/c24-17-4-1-15(2-5-17)21-18(12-26-27-21)22(28)25-13-23(7-9-29-10-8-23)16-3-6-19-20(11-16)31-14-30-19/h1-6,11-12H,7-10,13-14H2,(H,25,28)(H,26,27). The van der Waals surface area contributed by atoms with Gasteiger partial charge in [0.1, 0.15) is 5.82 Å². The van der Waals surface area contributed by atoms with Gasteiger partial charge in [-0.3, -0.25) is 9.89 Å². The van der Waals surface area contributed by atoms with E-state index in [2.05, 4.69) is 15.5 Å². The Bertz CT molecular complexity index is 1090. The summed E-state index contributed by atoms with van der Waals surface area (Å²) in [7, 11) is 0. The number of hydrogen-bond donors (Lipinski definition) is 2. The fourth-order valence-electron chi connectivity index (χ4n) is 4.20. The maximum atomic E-state index is 13.3. The number of fused-ring (bicyclic) bond motifs is 1. The summed E-state index contributed by atoms with van der Waals surface area (Å²) in [6.07, 6.45) is 3.05. The highest BCUT2D eigenvalue weighted by Gasteiger charge is 2.36. The molecular formula is C23H22FN3O4. The smallest absolute Gasteiger partial charge is 0.255 e. The second-order valence-corrected chi connectivity index (χ2v) is 7.81. The largest absolute Gasteiger partial charge is 0.454 e. The van der Waals surface area contributed by atoms with Crippen LogP contribution in [0.4, 0.5) is 4.39 Å². The van der Waals surface area contributed by atoms with Gasteiger partial charge in [0.25, 0.3) is 5.91 Å². The van der Waals surface area contributed by atoms with Crippen LogP contribution in [-0.2, 0) is 10.2 Å². The molecule has 0 aliphatic carbocycles. The summed E-state index contributed by atoms with van der Waals surface area (Å²) in [4.78, 5) is 13.0. The number of rotatable bonds is 5. The van der Waals surface area contributed by atoms with Crippen LogP contribution in [0.2, 0.25) is 0 Å². The lowest BCUT2D eigenvalue weighted by Gasteiger charge is -2.38. The Morgan fingerprint density at radius 2 is 1.87 bits per heavy atom. The summed E-state index contributed by atoms with van der Waals surface area (Å²) in [5, 5.41) is 9.95. The van der Waals surface area contributed by atoms with Gasteiger partial charge < -0.3 is 19.5 Å². The number of aromatic amines is 1. The number of ether oxygens (including phenoxy) is 3. The van der Waals surface area contributed by atoms with Crippen LogP contribution in [0.15, 0.2) is 48.7 Å². The maximum absolute atomic E-state index is 13.3. The molecule has 0 spiro atoms. The van der Waals surface area contributed by atoms with Gasteiger partial charge >= 0.3 is 0 Å². The summed E-state index contributed by atoms with van der Waals surface area (Å²) >= 11 is 0. The molecule has 31 heavy (non-hydrogen) atoms. The van der Waals surface area contributed by atoms with Crippen LogP contribution in [0, 0.1) is 5.82 Å². The first-order valence-electron chi connectivity index (χ1n) is 10.2. The Hall–Kier alpha value is -3.39. The Labute approximate surface area is 178 Å². The molecule has 2 aliphatic heterocycles. The number of aromatic nitrogens is 2. The first-order valence-corrected chi connectivity index (χ1v) is 10.2. The number of hydrogen-bond acceptors (Lipinski definition) is 5. The number of carbonyl (C=O) groups is 1. The second-order valence-electron chi connectivity index (χ2n) is 7.81. The molecular weight excluding hydrogens is 401 g/mol. The predicted molar refractivity (Wildman–Crippen MR) is 111 cm³/mol. The second kappa shape index (κ2) is 8.03. The van der Waals surface area contributed by atoms with Gasteiger partial charge in [0.2, 0.25) is 6.79 Å². The highest BCUT2D eigenvalue weighted by molar-refractivity contribution is 5.99. The average molecular weight is 423 g/mol. The Balaban J connectivity index is 1.38. The zero-order valence-corrected chi connectivity index (χ0v) is 16.8. The molecule has 2 N–H and O–H groups in total. The molecule has 1 aromatic heterocycles. The molecule has 160 valence electrons. The fraction of sp³-hybridized carbons (Fsp3) is 0.304. The molecule has 2 aromatic carbocycles. The van der Waals surface area contributed by atoms with Crippen molar-refractivity contribution in [1.29, 1.82) is 0 Å². The van der Waals surface area contributed by atoms with E-state index >= 15 is 0 Å². The van der Waals surface area contributed by atoms with Crippen molar-refractivity contribution >= 4 is 5.91 Å². The predicted octanol–water partition coefficient (Wildman–Crippen LogP) is 3.42. The Kier molecular flexibility index (Phi) is 5.07. The van der Waals surface area contributed by atoms with Crippen molar-refractivity contribution in [3.05, 3.63) is 65.6 Å². The number of H-pyrrole nitrogens is 1. The van der Waals surface area contributed by atoms with Crippen LogP contribution in [-0.4, -0.2) is 42.7 Å². The third kappa shape index (κ3) is 3.74. The van der Waals surface area contributed by atoms with Crippen molar-refractivity contribution in [2.45, 2.75) is 18.3 Å². The molecule has 7 nitrogen and oxygen atoms in total. The first-order chi connectivity index (χ1) is 15.1. The number of nitrogens with zero attached hydrogens (tertiary/aromatic N) is 1. The molecule has 3 heterocycles. The quantitative estimate of drug-likeness (QED) is 0.657. The van der Waals surface area contributed by atoms with Crippen LogP contribution in [0.5, 0.6) is 11.5 Å². The molecule has 0 bridgehead atoms. The Morgan fingerprint density at radius 3 is 2.68 bits per heavy atom. The minimum absolute atomic E-state index is 0.221. The van der Waals surface area contributed by atoms with Gasteiger partial charge in [0, 0.05) is 30.7 Å². The van der Waals surface area contributed by atoms with Crippen molar-refractivity contribution in [1.82, 2.24) is 15.5 Å². The van der Waals surface area contributed by atoms with E-state index in [1.165, 1.54) is 18.3 Å². The van der Waals surface area contributed by atoms with E-state index < -0.39 is 0 Å². The number of amides is 1. The number of halogens is 1. The lowest BCUT2D eigenvalue weighted by atomic mass is 9.74. The highest BCUT2D eigenvalue weighted by Crippen LogP contribution is 2.40. The zero-order chi connectivity index (χ0) is 21.3. The zero-order valence-electron chi connectivity index (χ0n) is 16.8. The van der Waals surface area contributed by atoms with Gasteiger partial charge in [-0.1, -0.05) is 6.07 Å². The van der Waals surface area contributed by atoms with E-state index in [-0.39, 0.29) is 23.9 Å². The van der Waals surface area contributed by atoms with Crippen LogP contribution < -0.4 is 14.8 Å². The third-order valence-electron chi connectivity index (χ3n) is 6.04. The van der Waals surface area contributed by atoms with Gasteiger partial charge in [-0.05, 0) is 54.8 Å². The van der Waals surface area contributed by atoms with Crippen LogP contribution in [0.3, 0.4) is 0 Å². The van der Waals surface area contributed by atoms with E-state index in [0.717, 1.165) is 29.9 Å². The van der Waals surface area contributed by atoms with Gasteiger partial charge in [-0.25, -0.2) is 4.39 Å². The van der Waals surface area contributed by atoms with Gasteiger partial charge in [0.15, 0.2) is 11.5 Å². The van der Waals surface area contributed by atoms with Crippen LogP contribution >= 0.6 is 0 Å². The van der Waals surface area contributed by atoms with Crippen molar-refractivity contribution in [2.24, 2.45) is 0 Å². The highest BCUT2D eigenvalue weighted by atomic mass is 19.1. The van der Waals surface area contributed by atoms with E-state index in [1.807, 2.05) is 18.2 Å². The lowest BCUT2D eigenvalue weighted by molar-refractivity contribution is 0.0486. The van der Waals surface area contributed by atoms with Crippen molar-refractivity contribution in [3.8, 4) is 22.8 Å². The monoisotopic (exact) mass is 423 g/mol. The maximum Gasteiger partial charge on any atom is 0.255 e. The van der Waals surface area contributed by atoms with Gasteiger partial charge in [0.05, 0.1) is 17.5 Å². The van der Waals surface area contributed by atoms with E-state index in [4.69, 9.17) is 14.2 Å². The molecule has 0 saturated carbocycles. The van der Waals surface area contributed by atoms with Crippen molar-refractivity contribution < 1.29 is 23.4 Å². The molecule has 5 rings (SSSR count). The first kappa shape index (κ1) is 19.6. The average Bonchev–Trinajstić information content (AvgIpc) is 3.48. The van der Waals surface area contributed by atoms with Gasteiger partial charge in [-0.15, -0.1) is 0 Å². The van der Waals surface area contributed by atoms with E-state index in [0.29, 0.717) is 36.6 Å². The molecule has 0 unspecified atom stereocenters. The minimum Gasteiger partial charge on any atom is -0.454 e. The SMILES string of the molecule is O=C(NCC1(c2ccc3c(c2)OCO3)CCOCC1)c1cn[nH]c1-c1ccc(F)cc1. The summed E-state index contributed by atoms with van der Waals surface area (Å²) < 4.78 is 29.8. The van der Waals surface area contributed by atoms with Crippen LogP contribution in [0.25, 0.3) is 11.3 Å². The Morgan fingerprint density at radius 1 is 1.10 bits per heavy atom. The molecule has 0 atom stereocenters. The molecule has 1 saturated heterocycles. The molecule has 8 heteroatoms. The van der Waals surface area contributed by atoms with E-state index in [1.54, 1.807) is 12.1 Å². The summed E-state index contributed by atoms with van der Waals surface area (Å²) in [6, 6.07) is 11.9. The topological polar surface area (TPSA) is 85.5 Å². The summed E-state index contributed by atoms with van der Waals surface area (Å²) in [5.74, 6) is 0.889. The molecule has 1 fully saturated rings. The number of benzene rings is 2. The third-order valence-corrected chi connectivity index (χ3v) is 6.04. The lowest BCUT2D eigenvalue weighted by Crippen LogP contribution is -2.44. The van der Waals surface area contributed by atoms with E-state index in [9.17, 15) is 9.18 Å². The normalized spacial score (nSPS) is 16.8.